The van der Waals surface area contributed by atoms with Crippen molar-refractivity contribution in [2.24, 2.45) is 0 Å². The van der Waals surface area contributed by atoms with Crippen LogP contribution in [0.5, 0.6) is 0 Å². The van der Waals surface area contributed by atoms with Gasteiger partial charge in [0.25, 0.3) is 11.5 Å². The lowest BCUT2D eigenvalue weighted by atomic mass is 10.0. The zero-order chi connectivity index (χ0) is 23.5. The van der Waals surface area contributed by atoms with Gasteiger partial charge in [-0.05, 0) is 71.7 Å². The Balaban J connectivity index is 1.79. The smallest absolute Gasteiger partial charge is 0.264 e. The largest absolute Gasteiger partial charge is 0.311 e. The molecule has 33 heavy (non-hydrogen) atoms. The van der Waals surface area contributed by atoms with Crippen molar-refractivity contribution in [1.82, 2.24) is 4.57 Å². The van der Waals surface area contributed by atoms with Crippen LogP contribution in [0.2, 0.25) is 0 Å². The molecule has 4 heteroatoms. The van der Waals surface area contributed by atoms with Gasteiger partial charge in [-0.2, -0.15) is 0 Å². The minimum absolute atomic E-state index is 0.179. The molecule has 1 amide bonds. The number of aromatic nitrogens is 1. The Morgan fingerprint density at radius 2 is 1.55 bits per heavy atom. The summed E-state index contributed by atoms with van der Waals surface area (Å²) >= 11 is 0. The zero-order valence-electron chi connectivity index (χ0n) is 19.8. The van der Waals surface area contributed by atoms with Crippen molar-refractivity contribution in [2.75, 3.05) is 11.9 Å². The number of para-hydroxylation sites is 1. The molecule has 0 aliphatic heterocycles. The number of nitrogens with zero attached hydrogens (tertiary/aromatic N) is 2. The van der Waals surface area contributed by atoms with Crippen LogP contribution in [-0.4, -0.2) is 17.5 Å². The van der Waals surface area contributed by atoms with E-state index >= 15 is 0 Å². The first-order chi connectivity index (χ1) is 15.9. The fraction of sp³-hybridized carbons (Fsp3) is 0.241. The predicted molar refractivity (Wildman–Crippen MR) is 136 cm³/mol. The Labute approximate surface area is 195 Å². The van der Waals surface area contributed by atoms with Gasteiger partial charge in [-0.3, -0.25) is 9.59 Å². The molecule has 1 heterocycles. The third kappa shape index (κ3) is 4.47. The predicted octanol–water partition coefficient (Wildman–Crippen LogP) is 5.76. The first-order valence-corrected chi connectivity index (χ1v) is 11.5. The number of aryl methyl sites for hydroxylation is 3. The molecule has 4 nitrogen and oxygen atoms in total. The molecule has 0 bridgehead atoms. The van der Waals surface area contributed by atoms with E-state index in [0.29, 0.717) is 6.54 Å². The second-order valence-electron chi connectivity index (χ2n) is 8.51. The molecule has 0 saturated carbocycles. The molecular formula is C29H30N2O2. The Morgan fingerprint density at radius 1 is 0.879 bits per heavy atom. The van der Waals surface area contributed by atoms with Gasteiger partial charge in [-0.1, -0.05) is 62.4 Å². The highest BCUT2D eigenvalue weighted by Crippen LogP contribution is 2.20. The fourth-order valence-electron chi connectivity index (χ4n) is 4.22. The first kappa shape index (κ1) is 22.5. The molecule has 0 aliphatic carbocycles. The number of carbonyl (C=O) groups is 1. The molecule has 0 fully saturated rings. The third-order valence-electron chi connectivity index (χ3n) is 6.41. The highest BCUT2D eigenvalue weighted by atomic mass is 16.2. The van der Waals surface area contributed by atoms with E-state index in [1.165, 1.54) is 11.1 Å². The number of hydrogen-bond acceptors (Lipinski definition) is 2. The van der Waals surface area contributed by atoms with Crippen molar-refractivity contribution in [3.05, 3.63) is 111 Å². The third-order valence-corrected chi connectivity index (χ3v) is 6.41. The second-order valence-corrected chi connectivity index (χ2v) is 8.51. The lowest BCUT2D eigenvalue weighted by Gasteiger charge is -2.19. The van der Waals surface area contributed by atoms with E-state index in [1.807, 2.05) is 48.5 Å². The maximum absolute atomic E-state index is 13.6. The number of benzene rings is 3. The van der Waals surface area contributed by atoms with Crippen LogP contribution >= 0.6 is 0 Å². The summed E-state index contributed by atoms with van der Waals surface area (Å²) in [6.07, 6.45) is 1.91. The molecule has 0 saturated heterocycles. The quantitative estimate of drug-likeness (QED) is 0.384. The molecule has 0 unspecified atom stereocenters. The van der Waals surface area contributed by atoms with Crippen LogP contribution in [0.1, 0.15) is 46.5 Å². The van der Waals surface area contributed by atoms with Gasteiger partial charge in [0.15, 0.2) is 0 Å². The Bertz CT molecular complexity index is 1370. The van der Waals surface area contributed by atoms with Gasteiger partial charge in [0.1, 0.15) is 5.56 Å². The Kier molecular flexibility index (Phi) is 6.45. The molecular weight excluding hydrogens is 408 g/mol. The van der Waals surface area contributed by atoms with E-state index in [1.54, 1.807) is 22.6 Å². The molecule has 0 aliphatic rings. The van der Waals surface area contributed by atoms with Crippen molar-refractivity contribution in [3.63, 3.8) is 0 Å². The highest BCUT2D eigenvalue weighted by molar-refractivity contribution is 6.07. The summed E-state index contributed by atoms with van der Waals surface area (Å²) in [6.45, 7) is 6.72. The first-order valence-electron chi connectivity index (χ1n) is 11.5. The van der Waals surface area contributed by atoms with Gasteiger partial charge in [0.05, 0.1) is 12.1 Å². The molecule has 0 radical (unpaired) electrons. The summed E-state index contributed by atoms with van der Waals surface area (Å²) in [5.74, 6) is -0.304. The van der Waals surface area contributed by atoms with Crippen molar-refractivity contribution in [1.29, 1.82) is 0 Å². The Morgan fingerprint density at radius 3 is 2.21 bits per heavy atom. The van der Waals surface area contributed by atoms with Crippen LogP contribution in [0.4, 0.5) is 5.69 Å². The van der Waals surface area contributed by atoms with E-state index in [2.05, 4.69) is 39.0 Å². The molecule has 4 rings (SSSR count). The van der Waals surface area contributed by atoms with Gasteiger partial charge in [0, 0.05) is 12.7 Å². The van der Waals surface area contributed by atoms with E-state index in [0.717, 1.165) is 40.6 Å². The van der Waals surface area contributed by atoms with Crippen LogP contribution in [0.15, 0.2) is 77.6 Å². The lowest BCUT2D eigenvalue weighted by Crippen LogP contribution is -2.35. The van der Waals surface area contributed by atoms with Crippen LogP contribution < -0.4 is 10.5 Å². The molecule has 0 N–H and O–H groups in total. The summed E-state index contributed by atoms with van der Waals surface area (Å²) in [6, 6.07) is 23.7. The minimum atomic E-state index is -0.304. The maximum Gasteiger partial charge on any atom is 0.264 e. The van der Waals surface area contributed by atoms with Gasteiger partial charge in [-0.15, -0.1) is 0 Å². The van der Waals surface area contributed by atoms with Crippen molar-refractivity contribution in [3.8, 4) is 0 Å². The summed E-state index contributed by atoms with van der Waals surface area (Å²) in [5, 5.41) is 0.873. The number of amides is 1. The van der Waals surface area contributed by atoms with Crippen LogP contribution in [0.3, 0.4) is 0 Å². The van der Waals surface area contributed by atoms with Crippen LogP contribution in [0, 0.1) is 6.92 Å². The summed E-state index contributed by atoms with van der Waals surface area (Å²) < 4.78 is 1.73. The van der Waals surface area contributed by atoms with E-state index in [9.17, 15) is 9.59 Å². The van der Waals surface area contributed by atoms with E-state index in [4.69, 9.17) is 0 Å². The number of anilines is 1. The Hall–Kier alpha value is -3.66. The average Bonchev–Trinajstić information content (AvgIpc) is 2.85. The number of pyridine rings is 1. The fourth-order valence-corrected chi connectivity index (χ4v) is 4.22. The second kappa shape index (κ2) is 9.45. The maximum atomic E-state index is 13.6. The van der Waals surface area contributed by atoms with Crippen LogP contribution in [0.25, 0.3) is 10.9 Å². The molecule has 3 aromatic carbocycles. The van der Waals surface area contributed by atoms with Gasteiger partial charge >= 0.3 is 0 Å². The van der Waals surface area contributed by atoms with Crippen LogP contribution in [-0.2, 0) is 19.4 Å². The number of carbonyl (C=O) groups excluding carboxylic acids is 1. The van der Waals surface area contributed by atoms with Gasteiger partial charge < -0.3 is 9.47 Å². The van der Waals surface area contributed by atoms with Gasteiger partial charge in [-0.25, -0.2) is 0 Å². The van der Waals surface area contributed by atoms with Crippen molar-refractivity contribution >= 4 is 22.5 Å². The van der Waals surface area contributed by atoms with Crippen molar-refractivity contribution in [2.45, 2.75) is 40.2 Å². The SMILES string of the molecule is CCc1ccc(N(C)C(=O)c2cc3ccccc3n(Cc3ccc(CC)cc3C)c2=O)cc1. The highest BCUT2D eigenvalue weighted by Gasteiger charge is 2.20. The topological polar surface area (TPSA) is 42.3 Å². The standard InChI is InChI=1S/C29H30N2O2/c1-5-21-12-15-25(16-13-21)30(4)28(32)26-18-23-9-7-8-10-27(23)31(29(26)33)19-24-14-11-22(6-2)17-20(24)3/h7-18H,5-6,19H2,1-4H3. The molecule has 0 spiro atoms. The van der Waals surface area contributed by atoms with E-state index < -0.39 is 0 Å². The number of hydrogen-bond donors (Lipinski definition) is 0. The molecule has 1 aromatic heterocycles. The summed E-state index contributed by atoms with van der Waals surface area (Å²) in [7, 11) is 1.72. The van der Waals surface area contributed by atoms with E-state index in [-0.39, 0.29) is 17.0 Å². The lowest BCUT2D eigenvalue weighted by molar-refractivity contribution is 0.0991. The zero-order valence-corrected chi connectivity index (χ0v) is 19.8. The molecule has 168 valence electrons. The monoisotopic (exact) mass is 438 g/mol. The molecule has 0 atom stereocenters. The number of rotatable bonds is 6. The average molecular weight is 439 g/mol. The normalized spacial score (nSPS) is 11.0. The van der Waals surface area contributed by atoms with Gasteiger partial charge in [0.2, 0.25) is 0 Å². The molecule has 4 aromatic rings. The number of fused-ring (bicyclic) bond motifs is 1. The van der Waals surface area contributed by atoms with Crippen molar-refractivity contribution < 1.29 is 4.79 Å². The summed E-state index contributed by atoms with van der Waals surface area (Å²) in [5.41, 5.74) is 6.21. The summed E-state index contributed by atoms with van der Waals surface area (Å²) in [4.78, 5) is 28.6. The minimum Gasteiger partial charge on any atom is -0.311 e.